The van der Waals surface area contributed by atoms with Crippen LogP contribution in [0.5, 0.6) is 5.75 Å². The van der Waals surface area contributed by atoms with Crippen molar-refractivity contribution in [2.45, 2.75) is 39.0 Å². The molecule has 13 heteroatoms. The second-order valence-corrected chi connectivity index (χ2v) is 15.8. The molecule has 1 aromatic carbocycles. The normalized spacial score (nSPS) is 12.0. The minimum atomic E-state index is -3.04. The summed E-state index contributed by atoms with van der Waals surface area (Å²) in [6.07, 6.45) is 4.65. The lowest BCUT2D eigenvalue weighted by Gasteiger charge is -2.17. The Kier molecular flexibility index (Phi) is 7.52. The lowest BCUT2D eigenvalue weighted by Crippen LogP contribution is -2.22. The molecule has 0 aliphatic carbocycles. The Bertz CT molecular complexity index is 1400. The van der Waals surface area contributed by atoms with E-state index >= 15 is 0 Å². The van der Waals surface area contributed by atoms with E-state index in [-0.39, 0.29) is 29.4 Å². The summed E-state index contributed by atoms with van der Waals surface area (Å²) in [7, 11) is -1.33. The molecule has 3 heterocycles. The summed E-state index contributed by atoms with van der Waals surface area (Å²) in [5.74, 6) is -0.803. The first-order valence-electron chi connectivity index (χ1n) is 11.1. The van der Waals surface area contributed by atoms with Crippen molar-refractivity contribution in [2.75, 3.05) is 6.61 Å². The maximum absolute atomic E-state index is 13.3. The number of halogens is 3. The minimum Gasteiger partial charge on any atom is -0.434 e. The number of amides is 1. The summed E-state index contributed by atoms with van der Waals surface area (Å²) in [6, 6.07) is 7.26. The molecular formula is C23H25BrF2N6O3Si. The Morgan fingerprint density at radius 2 is 2.03 bits per heavy atom. The van der Waals surface area contributed by atoms with Crippen LogP contribution in [0.15, 0.2) is 47.3 Å². The summed E-state index contributed by atoms with van der Waals surface area (Å²) in [5, 5.41) is 8.96. The van der Waals surface area contributed by atoms with E-state index in [4.69, 9.17) is 15.2 Å². The van der Waals surface area contributed by atoms with Crippen molar-refractivity contribution in [1.29, 1.82) is 0 Å². The molecule has 0 unspecified atom stereocenters. The number of carbonyl (C=O) groups is 1. The number of nitrogens with zero attached hydrogens (tertiary/aromatic N) is 5. The van der Waals surface area contributed by atoms with Gasteiger partial charge in [0.15, 0.2) is 5.65 Å². The number of fused-ring (bicyclic) bond motifs is 1. The highest BCUT2D eigenvalue weighted by molar-refractivity contribution is 9.10. The average Bonchev–Trinajstić information content (AvgIpc) is 3.38. The molecule has 0 saturated heterocycles. The summed E-state index contributed by atoms with van der Waals surface area (Å²) >= 11 is 3.40. The van der Waals surface area contributed by atoms with Crippen LogP contribution >= 0.6 is 15.9 Å². The molecule has 0 radical (unpaired) electrons. The molecule has 2 N–H and O–H groups in total. The Labute approximate surface area is 215 Å². The standard InChI is InChI=1S/C23H25BrF2N6O3Si/c1-36(2,3)10-9-34-13-32-20(15-11-14(24)5-6-17(15)35-23(25)26)16(12-29-32)19-18(21(27)33)22-28-7-4-8-31(22)30-19/h4-8,11-12,23H,9-10,13H2,1-3H3,(H2,27,33). The number of rotatable bonds is 10. The molecule has 0 saturated carbocycles. The predicted octanol–water partition coefficient (Wildman–Crippen LogP) is 5.03. The van der Waals surface area contributed by atoms with Crippen molar-refractivity contribution < 1.29 is 23.0 Å². The van der Waals surface area contributed by atoms with Crippen LogP contribution in [0, 0.1) is 0 Å². The fourth-order valence-corrected chi connectivity index (χ4v) is 4.78. The largest absolute Gasteiger partial charge is 0.434 e. The van der Waals surface area contributed by atoms with E-state index in [1.165, 1.54) is 27.7 Å². The van der Waals surface area contributed by atoms with Gasteiger partial charge in [0.05, 0.1) is 11.9 Å². The van der Waals surface area contributed by atoms with Crippen molar-refractivity contribution in [3.8, 4) is 28.3 Å². The molecular weight excluding hydrogens is 554 g/mol. The van der Waals surface area contributed by atoms with E-state index in [0.29, 0.717) is 27.9 Å². The van der Waals surface area contributed by atoms with Crippen LogP contribution in [0.25, 0.3) is 28.2 Å². The zero-order chi connectivity index (χ0) is 26.0. The maximum atomic E-state index is 13.3. The molecule has 4 aromatic rings. The molecule has 0 fully saturated rings. The van der Waals surface area contributed by atoms with Gasteiger partial charge in [0.2, 0.25) is 0 Å². The van der Waals surface area contributed by atoms with Gasteiger partial charge in [0.25, 0.3) is 5.91 Å². The SMILES string of the molecule is C[Si](C)(C)CCOCn1ncc(-c2nn3cccnc3c2C(N)=O)c1-c1cc(Br)ccc1OC(F)F. The number of primary amides is 1. The predicted molar refractivity (Wildman–Crippen MR) is 137 cm³/mol. The highest BCUT2D eigenvalue weighted by Gasteiger charge is 2.27. The number of alkyl halides is 2. The highest BCUT2D eigenvalue weighted by atomic mass is 79.9. The van der Waals surface area contributed by atoms with Gasteiger partial charge in [-0.3, -0.25) is 4.79 Å². The molecule has 0 atom stereocenters. The van der Waals surface area contributed by atoms with Crippen LogP contribution in [0.2, 0.25) is 25.7 Å². The monoisotopic (exact) mass is 578 g/mol. The second kappa shape index (κ2) is 10.4. The Morgan fingerprint density at radius 3 is 2.72 bits per heavy atom. The smallest absolute Gasteiger partial charge is 0.387 e. The van der Waals surface area contributed by atoms with Gasteiger partial charge in [0.1, 0.15) is 23.7 Å². The van der Waals surface area contributed by atoms with Gasteiger partial charge in [-0.15, -0.1) is 0 Å². The maximum Gasteiger partial charge on any atom is 0.387 e. The third kappa shape index (κ3) is 5.63. The van der Waals surface area contributed by atoms with Gasteiger partial charge in [-0.2, -0.15) is 19.0 Å². The molecule has 9 nitrogen and oxygen atoms in total. The van der Waals surface area contributed by atoms with Crippen molar-refractivity contribution >= 4 is 35.6 Å². The molecule has 1 amide bonds. The molecule has 4 rings (SSSR count). The Morgan fingerprint density at radius 1 is 1.25 bits per heavy atom. The quantitative estimate of drug-likeness (QED) is 0.208. The van der Waals surface area contributed by atoms with Crippen LogP contribution < -0.4 is 10.5 Å². The molecule has 3 aromatic heterocycles. The van der Waals surface area contributed by atoms with Gasteiger partial charge in [0, 0.05) is 42.7 Å². The topological polar surface area (TPSA) is 110 Å². The van der Waals surface area contributed by atoms with E-state index in [0.717, 1.165) is 6.04 Å². The minimum absolute atomic E-state index is 0.0535. The molecule has 0 aliphatic rings. The number of carbonyl (C=O) groups excluding carboxylic acids is 1. The first-order chi connectivity index (χ1) is 17.0. The number of aromatic nitrogens is 5. The Hall–Kier alpha value is -3.16. The van der Waals surface area contributed by atoms with Gasteiger partial charge < -0.3 is 15.2 Å². The van der Waals surface area contributed by atoms with E-state index in [1.54, 1.807) is 24.4 Å². The molecule has 36 heavy (non-hydrogen) atoms. The number of nitrogens with two attached hydrogens (primary N) is 1. The van der Waals surface area contributed by atoms with Crippen LogP contribution in [0.1, 0.15) is 10.4 Å². The van der Waals surface area contributed by atoms with Crippen molar-refractivity contribution in [3.63, 3.8) is 0 Å². The lowest BCUT2D eigenvalue weighted by atomic mass is 10.0. The Balaban J connectivity index is 1.89. The number of hydrogen-bond donors (Lipinski definition) is 1. The first kappa shape index (κ1) is 25.9. The molecule has 190 valence electrons. The molecule has 0 bridgehead atoms. The van der Waals surface area contributed by atoms with Crippen molar-refractivity contribution in [2.24, 2.45) is 5.73 Å². The van der Waals surface area contributed by atoms with E-state index in [9.17, 15) is 13.6 Å². The van der Waals surface area contributed by atoms with Gasteiger partial charge in [-0.1, -0.05) is 35.6 Å². The number of benzene rings is 1. The fourth-order valence-electron chi connectivity index (χ4n) is 3.66. The number of ether oxygens (including phenoxy) is 2. The summed E-state index contributed by atoms with van der Waals surface area (Å²) in [6.45, 7) is 4.26. The second-order valence-electron chi connectivity index (χ2n) is 9.25. The zero-order valence-electron chi connectivity index (χ0n) is 19.9. The van der Waals surface area contributed by atoms with E-state index in [1.807, 2.05) is 0 Å². The lowest BCUT2D eigenvalue weighted by molar-refractivity contribution is -0.0495. The zero-order valence-corrected chi connectivity index (χ0v) is 22.5. The van der Waals surface area contributed by atoms with Gasteiger partial charge >= 0.3 is 6.61 Å². The average molecular weight is 579 g/mol. The highest BCUT2D eigenvalue weighted by Crippen LogP contribution is 2.40. The summed E-state index contributed by atoms with van der Waals surface area (Å²) in [4.78, 5) is 16.7. The molecule has 0 aliphatic heterocycles. The van der Waals surface area contributed by atoms with Crippen molar-refractivity contribution in [3.05, 3.63) is 52.9 Å². The van der Waals surface area contributed by atoms with Crippen LogP contribution in [-0.4, -0.2) is 51.6 Å². The van der Waals surface area contributed by atoms with Crippen LogP contribution in [0.3, 0.4) is 0 Å². The summed E-state index contributed by atoms with van der Waals surface area (Å²) in [5.41, 5.74) is 7.35. The first-order valence-corrected chi connectivity index (χ1v) is 15.6. The van der Waals surface area contributed by atoms with E-state index in [2.05, 4.69) is 50.8 Å². The van der Waals surface area contributed by atoms with Crippen LogP contribution in [-0.2, 0) is 11.5 Å². The molecule has 0 spiro atoms. The number of hydrogen-bond acceptors (Lipinski definition) is 6. The third-order valence-electron chi connectivity index (χ3n) is 5.36. The van der Waals surface area contributed by atoms with Gasteiger partial charge in [-0.25, -0.2) is 14.2 Å². The summed E-state index contributed by atoms with van der Waals surface area (Å²) < 4.78 is 40.9. The third-order valence-corrected chi connectivity index (χ3v) is 7.56. The van der Waals surface area contributed by atoms with Gasteiger partial charge in [-0.05, 0) is 30.3 Å². The van der Waals surface area contributed by atoms with E-state index < -0.39 is 20.6 Å². The fraction of sp³-hybridized carbons (Fsp3) is 0.304. The van der Waals surface area contributed by atoms with Crippen molar-refractivity contribution in [1.82, 2.24) is 24.4 Å². The van der Waals surface area contributed by atoms with Crippen LogP contribution in [0.4, 0.5) is 8.78 Å².